The third-order valence-electron chi connectivity index (χ3n) is 2.67. The largest absolute Gasteiger partial charge is 0.573 e. The molecular weight excluding hydrogens is 307 g/mol. The molecule has 9 heteroatoms. The highest BCUT2D eigenvalue weighted by molar-refractivity contribution is 6.06. The summed E-state index contributed by atoms with van der Waals surface area (Å²) in [5.41, 5.74) is -1.42. The van der Waals surface area contributed by atoms with Gasteiger partial charge in [0, 0.05) is 10.9 Å². The van der Waals surface area contributed by atoms with Crippen molar-refractivity contribution in [1.82, 2.24) is 4.98 Å². The van der Waals surface area contributed by atoms with Crippen LogP contribution in [-0.2, 0) is 4.74 Å². The number of aromatic nitrogens is 1. The van der Waals surface area contributed by atoms with Crippen LogP contribution in [0.3, 0.4) is 0 Å². The minimum absolute atomic E-state index is 0.0364. The summed E-state index contributed by atoms with van der Waals surface area (Å²) in [5, 5.41) is 9.58. The Hall–Kier alpha value is -2.71. The fourth-order valence-corrected chi connectivity index (χ4v) is 1.87. The minimum Gasteiger partial charge on any atom is -0.502 e. The van der Waals surface area contributed by atoms with Crippen LogP contribution in [0.4, 0.5) is 13.2 Å². The second kappa shape index (κ2) is 5.58. The van der Waals surface area contributed by atoms with Crippen LogP contribution >= 0.6 is 0 Å². The average Bonchev–Trinajstić information content (AvgIpc) is 2.39. The number of aromatic hydroxyl groups is 1. The quantitative estimate of drug-likeness (QED) is 0.848. The van der Waals surface area contributed by atoms with Gasteiger partial charge in [0.2, 0.25) is 0 Å². The first-order valence-corrected chi connectivity index (χ1v) is 6.04. The van der Waals surface area contributed by atoms with E-state index in [-0.39, 0.29) is 17.5 Å². The molecule has 2 N–H and O–H groups in total. The van der Waals surface area contributed by atoms with E-state index in [2.05, 4.69) is 9.72 Å². The van der Waals surface area contributed by atoms with Gasteiger partial charge in [-0.1, -0.05) is 0 Å². The van der Waals surface area contributed by atoms with Crippen LogP contribution in [0, 0.1) is 0 Å². The maximum absolute atomic E-state index is 12.2. The molecule has 0 saturated heterocycles. The number of halogens is 3. The number of alkyl halides is 3. The Bertz CT molecular complexity index is 782. The maximum Gasteiger partial charge on any atom is 0.573 e. The molecule has 0 aliphatic heterocycles. The number of carbonyl (C=O) groups excluding carboxylic acids is 1. The first kappa shape index (κ1) is 15.7. The summed E-state index contributed by atoms with van der Waals surface area (Å²) in [6.45, 7) is 1.47. The number of rotatable bonds is 3. The summed E-state index contributed by atoms with van der Waals surface area (Å²) in [4.78, 5) is 25.6. The number of H-pyrrole nitrogens is 1. The van der Waals surface area contributed by atoms with E-state index >= 15 is 0 Å². The Kier molecular flexibility index (Phi) is 3.98. The van der Waals surface area contributed by atoms with Gasteiger partial charge in [-0.05, 0) is 25.1 Å². The molecule has 1 heterocycles. The molecule has 118 valence electrons. The van der Waals surface area contributed by atoms with Crippen molar-refractivity contribution in [3.63, 3.8) is 0 Å². The van der Waals surface area contributed by atoms with Gasteiger partial charge in [0.25, 0.3) is 5.56 Å². The van der Waals surface area contributed by atoms with E-state index < -0.39 is 35.0 Å². The summed E-state index contributed by atoms with van der Waals surface area (Å²) >= 11 is 0. The van der Waals surface area contributed by atoms with Gasteiger partial charge >= 0.3 is 12.3 Å². The van der Waals surface area contributed by atoms with E-state index in [1.165, 1.54) is 6.92 Å². The van der Waals surface area contributed by atoms with Gasteiger partial charge in [-0.3, -0.25) is 4.79 Å². The predicted octanol–water partition coefficient (Wildman–Crippen LogP) is 2.31. The van der Waals surface area contributed by atoms with Crippen LogP contribution in [0.1, 0.15) is 17.3 Å². The number of fused-ring (bicyclic) bond motifs is 1. The lowest BCUT2D eigenvalue weighted by Gasteiger charge is -2.11. The predicted molar refractivity (Wildman–Crippen MR) is 68.9 cm³/mol. The van der Waals surface area contributed by atoms with Gasteiger partial charge in [-0.15, -0.1) is 13.2 Å². The van der Waals surface area contributed by atoms with Gasteiger partial charge in [-0.2, -0.15) is 0 Å². The van der Waals surface area contributed by atoms with Crippen LogP contribution in [0.5, 0.6) is 11.5 Å². The Morgan fingerprint density at radius 1 is 1.36 bits per heavy atom. The zero-order valence-electron chi connectivity index (χ0n) is 11.2. The first-order valence-electron chi connectivity index (χ1n) is 6.04. The van der Waals surface area contributed by atoms with Crippen LogP contribution in [0.15, 0.2) is 23.0 Å². The van der Waals surface area contributed by atoms with E-state index in [0.29, 0.717) is 0 Å². The molecule has 0 bridgehead atoms. The molecule has 0 aliphatic rings. The fraction of sp³-hybridized carbons (Fsp3) is 0.231. The smallest absolute Gasteiger partial charge is 0.502 e. The van der Waals surface area contributed by atoms with Crippen LogP contribution in [0.2, 0.25) is 0 Å². The fourth-order valence-electron chi connectivity index (χ4n) is 1.87. The lowest BCUT2D eigenvalue weighted by molar-refractivity contribution is -0.274. The number of carbonyl (C=O) groups is 1. The molecule has 2 aromatic rings. The molecule has 0 fully saturated rings. The molecule has 6 nitrogen and oxygen atoms in total. The monoisotopic (exact) mass is 317 g/mol. The molecule has 0 aliphatic carbocycles. The Morgan fingerprint density at radius 2 is 2.05 bits per heavy atom. The number of aromatic amines is 1. The van der Waals surface area contributed by atoms with Crippen molar-refractivity contribution < 1.29 is 32.5 Å². The molecule has 22 heavy (non-hydrogen) atoms. The molecule has 2 rings (SSSR count). The second-order valence-electron chi connectivity index (χ2n) is 4.15. The topological polar surface area (TPSA) is 88.6 Å². The van der Waals surface area contributed by atoms with Crippen molar-refractivity contribution in [1.29, 1.82) is 0 Å². The third kappa shape index (κ3) is 3.13. The standard InChI is InChI=1S/C13H10F3NO5/c1-2-21-12(20)9-7-5-6(22-13(14,15)16)3-4-8(7)17-11(19)10(9)18/h3-5,18H,2H2,1H3,(H,17,19). The van der Waals surface area contributed by atoms with Crippen LogP contribution in [-0.4, -0.2) is 29.0 Å². The summed E-state index contributed by atoms with van der Waals surface area (Å²) in [6, 6.07) is 2.97. The van der Waals surface area contributed by atoms with Crippen LogP contribution < -0.4 is 10.3 Å². The molecule has 0 spiro atoms. The maximum atomic E-state index is 12.2. The van der Waals surface area contributed by atoms with E-state index in [9.17, 15) is 27.9 Å². The summed E-state index contributed by atoms with van der Waals surface area (Å²) in [7, 11) is 0. The molecule has 1 aromatic carbocycles. The van der Waals surface area contributed by atoms with Crippen molar-refractivity contribution in [3.8, 4) is 11.5 Å². The SMILES string of the molecule is CCOC(=O)c1c(O)c(=O)[nH]c2ccc(OC(F)(F)F)cc12. The van der Waals surface area contributed by atoms with Gasteiger partial charge in [0.1, 0.15) is 11.3 Å². The summed E-state index contributed by atoms with van der Waals surface area (Å²) in [5.74, 6) is -2.56. The van der Waals surface area contributed by atoms with E-state index in [4.69, 9.17) is 4.74 Å². The van der Waals surface area contributed by atoms with Crippen molar-refractivity contribution in [2.45, 2.75) is 13.3 Å². The molecule has 1 aromatic heterocycles. The highest BCUT2D eigenvalue weighted by Gasteiger charge is 2.31. The molecular formula is C13H10F3NO5. The Morgan fingerprint density at radius 3 is 2.64 bits per heavy atom. The summed E-state index contributed by atoms with van der Waals surface area (Å²) in [6.07, 6.45) is -4.91. The molecule has 0 radical (unpaired) electrons. The van der Waals surface area contributed by atoms with Gasteiger partial charge < -0.3 is 19.6 Å². The molecule has 0 unspecified atom stereocenters. The summed E-state index contributed by atoms with van der Waals surface area (Å²) < 4.78 is 45.2. The van der Waals surface area contributed by atoms with Gasteiger partial charge in [0.15, 0.2) is 5.75 Å². The van der Waals surface area contributed by atoms with Crippen molar-refractivity contribution in [3.05, 3.63) is 34.1 Å². The minimum atomic E-state index is -4.91. The van der Waals surface area contributed by atoms with Gasteiger partial charge in [0.05, 0.1) is 6.61 Å². The third-order valence-corrected chi connectivity index (χ3v) is 2.67. The zero-order valence-corrected chi connectivity index (χ0v) is 11.2. The number of hydrogen-bond donors (Lipinski definition) is 2. The zero-order chi connectivity index (χ0) is 16.5. The average molecular weight is 317 g/mol. The molecule has 0 saturated carbocycles. The number of nitrogens with one attached hydrogen (secondary N) is 1. The number of esters is 1. The number of hydrogen-bond acceptors (Lipinski definition) is 5. The highest BCUT2D eigenvalue weighted by Crippen LogP contribution is 2.29. The number of pyridine rings is 1. The van der Waals surface area contributed by atoms with Gasteiger partial charge in [-0.25, -0.2) is 4.79 Å². The molecule has 0 atom stereocenters. The lowest BCUT2D eigenvalue weighted by atomic mass is 10.1. The van der Waals surface area contributed by atoms with Crippen molar-refractivity contribution in [2.24, 2.45) is 0 Å². The van der Waals surface area contributed by atoms with E-state index in [0.717, 1.165) is 18.2 Å². The Balaban J connectivity index is 2.68. The van der Waals surface area contributed by atoms with Crippen molar-refractivity contribution >= 4 is 16.9 Å². The normalized spacial score (nSPS) is 11.5. The van der Waals surface area contributed by atoms with E-state index in [1.54, 1.807) is 0 Å². The first-order chi connectivity index (χ1) is 10.2. The van der Waals surface area contributed by atoms with Crippen LogP contribution in [0.25, 0.3) is 10.9 Å². The lowest BCUT2D eigenvalue weighted by Crippen LogP contribution is -2.18. The second-order valence-corrected chi connectivity index (χ2v) is 4.15. The molecule has 0 amide bonds. The van der Waals surface area contributed by atoms with Crippen molar-refractivity contribution in [2.75, 3.05) is 6.61 Å². The Labute approximate surface area is 121 Å². The van der Waals surface area contributed by atoms with E-state index in [1.807, 2.05) is 0 Å². The number of ether oxygens (including phenoxy) is 2. The number of benzene rings is 1. The highest BCUT2D eigenvalue weighted by atomic mass is 19.4.